The van der Waals surface area contributed by atoms with E-state index in [2.05, 4.69) is 152 Å². The van der Waals surface area contributed by atoms with Gasteiger partial charge in [0.1, 0.15) is 0 Å². The van der Waals surface area contributed by atoms with Gasteiger partial charge in [0.25, 0.3) is 0 Å². The summed E-state index contributed by atoms with van der Waals surface area (Å²) in [4.78, 5) is 5.36. The maximum absolute atomic E-state index is 5.36. The third-order valence-electron chi connectivity index (χ3n) is 8.01. The van der Waals surface area contributed by atoms with Crippen LogP contribution in [0.1, 0.15) is 0 Å². The Kier molecular flexibility index (Phi) is 5.21. The highest BCUT2D eigenvalue weighted by molar-refractivity contribution is 6.15. The molecule has 0 aliphatic heterocycles. The zero-order valence-electron chi connectivity index (χ0n) is 21.9. The maximum atomic E-state index is 5.36. The zero-order chi connectivity index (χ0) is 26.5. The van der Waals surface area contributed by atoms with Gasteiger partial charge in [0.2, 0.25) is 0 Å². The number of hydrogen-bond acceptors (Lipinski definition) is 1. The molecule has 0 bridgehead atoms. The van der Waals surface area contributed by atoms with E-state index in [4.69, 9.17) is 4.98 Å². The molecule has 0 radical (unpaired) electrons. The van der Waals surface area contributed by atoms with E-state index in [1.165, 1.54) is 60.1 Å². The fourth-order valence-electron chi connectivity index (χ4n) is 6.01. The minimum Gasteiger partial charge on any atom is -0.247 e. The van der Waals surface area contributed by atoms with Crippen molar-refractivity contribution in [2.75, 3.05) is 0 Å². The Morgan fingerprint density at radius 3 is 1.75 bits per heavy atom. The van der Waals surface area contributed by atoms with E-state index in [1.54, 1.807) is 0 Å². The van der Waals surface area contributed by atoms with Crippen LogP contribution in [0.4, 0.5) is 0 Å². The number of rotatable bonds is 3. The van der Waals surface area contributed by atoms with Crippen LogP contribution in [0.5, 0.6) is 0 Å². The predicted octanol–water partition coefficient (Wildman–Crippen LogP) is 10.7. The van der Waals surface area contributed by atoms with Gasteiger partial charge in [-0.05, 0) is 73.5 Å². The Hall–Kier alpha value is -5.27. The lowest BCUT2D eigenvalue weighted by Crippen LogP contribution is -1.92. The zero-order valence-corrected chi connectivity index (χ0v) is 21.9. The summed E-state index contributed by atoms with van der Waals surface area (Å²) in [6.45, 7) is 0. The van der Waals surface area contributed by atoms with E-state index < -0.39 is 0 Å². The monoisotopic (exact) mass is 507 g/mol. The number of nitrogens with zero attached hydrogens (tertiary/aromatic N) is 1. The van der Waals surface area contributed by atoms with Crippen molar-refractivity contribution >= 4 is 43.2 Å². The fourth-order valence-corrected chi connectivity index (χ4v) is 6.01. The van der Waals surface area contributed by atoms with Gasteiger partial charge >= 0.3 is 0 Å². The molecule has 8 aromatic rings. The normalized spacial score (nSPS) is 11.5. The molecular formula is C39H25N. The average Bonchev–Trinajstić information content (AvgIpc) is 3.03. The number of fused-ring (bicyclic) bond motifs is 5. The minimum absolute atomic E-state index is 0.997. The van der Waals surface area contributed by atoms with Crippen molar-refractivity contribution in [2.24, 2.45) is 0 Å². The molecule has 0 atom stereocenters. The van der Waals surface area contributed by atoms with Gasteiger partial charge in [-0.25, -0.2) is 4.98 Å². The third-order valence-corrected chi connectivity index (χ3v) is 8.01. The molecule has 186 valence electrons. The molecule has 0 aliphatic rings. The first-order valence-electron chi connectivity index (χ1n) is 13.7. The molecule has 0 N–H and O–H groups in total. The summed E-state index contributed by atoms with van der Waals surface area (Å²) >= 11 is 0. The van der Waals surface area contributed by atoms with E-state index in [1.807, 2.05) is 0 Å². The molecule has 0 spiro atoms. The maximum Gasteiger partial charge on any atom is 0.0787 e. The van der Waals surface area contributed by atoms with Crippen molar-refractivity contribution in [2.45, 2.75) is 0 Å². The number of pyridine rings is 1. The van der Waals surface area contributed by atoms with E-state index in [9.17, 15) is 0 Å². The summed E-state index contributed by atoms with van der Waals surface area (Å²) in [6, 6.07) is 54.5. The largest absolute Gasteiger partial charge is 0.247 e. The third kappa shape index (κ3) is 3.75. The van der Waals surface area contributed by atoms with Gasteiger partial charge in [-0.3, -0.25) is 0 Å². The Morgan fingerprint density at radius 2 is 0.950 bits per heavy atom. The number of hydrogen-bond donors (Lipinski definition) is 0. The van der Waals surface area contributed by atoms with Crippen molar-refractivity contribution in [3.8, 4) is 33.5 Å². The summed E-state index contributed by atoms with van der Waals surface area (Å²) in [6.07, 6.45) is 0. The highest BCUT2D eigenvalue weighted by atomic mass is 14.7. The smallest absolute Gasteiger partial charge is 0.0787 e. The first-order chi connectivity index (χ1) is 19.8. The van der Waals surface area contributed by atoms with Crippen LogP contribution >= 0.6 is 0 Å². The van der Waals surface area contributed by atoms with Crippen LogP contribution in [-0.2, 0) is 0 Å². The van der Waals surface area contributed by atoms with Crippen molar-refractivity contribution in [1.29, 1.82) is 0 Å². The molecule has 8 rings (SSSR count). The molecule has 0 unspecified atom stereocenters. The molecule has 0 saturated heterocycles. The van der Waals surface area contributed by atoms with Crippen LogP contribution in [0.15, 0.2) is 152 Å². The van der Waals surface area contributed by atoms with Gasteiger partial charge in [0, 0.05) is 16.3 Å². The topological polar surface area (TPSA) is 12.9 Å². The second-order valence-corrected chi connectivity index (χ2v) is 10.4. The fraction of sp³-hybridized carbons (Fsp3) is 0. The van der Waals surface area contributed by atoms with Crippen molar-refractivity contribution in [3.05, 3.63) is 152 Å². The van der Waals surface area contributed by atoms with Crippen LogP contribution in [0, 0.1) is 0 Å². The van der Waals surface area contributed by atoms with E-state index >= 15 is 0 Å². The lowest BCUT2D eigenvalue weighted by Gasteiger charge is -2.15. The number of benzene rings is 7. The van der Waals surface area contributed by atoms with Crippen LogP contribution in [-0.4, -0.2) is 4.98 Å². The predicted molar refractivity (Wildman–Crippen MR) is 171 cm³/mol. The summed E-state index contributed by atoms with van der Waals surface area (Å²) in [5.41, 5.74) is 8.09. The van der Waals surface area contributed by atoms with Crippen molar-refractivity contribution in [3.63, 3.8) is 0 Å². The second kappa shape index (κ2) is 9.18. The SMILES string of the molecule is c1ccc(-c2ccc3c(-c4ccc5ccc6ccccc6c5n4)c4cc(-c5ccccc5)ccc4cc3c2)cc1. The first kappa shape index (κ1) is 22.7. The molecule has 0 aliphatic carbocycles. The van der Waals surface area contributed by atoms with Crippen LogP contribution in [0.3, 0.4) is 0 Å². The molecule has 0 fully saturated rings. The Bertz CT molecular complexity index is 2200. The van der Waals surface area contributed by atoms with Gasteiger partial charge < -0.3 is 0 Å². The second-order valence-electron chi connectivity index (χ2n) is 10.4. The standard InChI is InChI=1S/C39H25N/c1-3-9-26(10-4-1)30-19-21-34-33(23-30)24-32-18-17-31(27-11-5-2-6-12-27)25-36(32)38(34)37-22-20-29-16-15-28-13-7-8-14-35(28)39(29)40-37/h1-25H. The van der Waals surface area contributed by atoms with Crippen molar-refractivity contribution in [1.82, 2.24) is 4.98 Å². The van der Waals surface area contributed by atoms with Crippen LogP contribution in [0.2, 0.25) is 0 Å². The molecule has 1 heterocycles. The number of aromatic nitrogens is 1. The van der Waals surface area contributed by atoms with Gasteiger partial charge in [0.05, 0.1) is 11.2 Å². The minimum atomic E-state index is 0.997. The quantitative estimate of drug-likeness (QED) is 0.171. The van der Waals surface area contributed by atoms with Crippen molar-refractivity contribution < 1.29 is 0 Å². The van der Waals surface area contributed by atoms with Crippen LogP contribution < -0.4 is 0 Å². The molecule has 1 aromatic heterocycles. The summed E-state index contributed by atoms with van der Waals surface area (Å²) in [7, 11) is 0. The molecule has 1 nitrogen and oxygen atoms in total. The molecule has 40 heavy (non-hydrogen) atoms. The Balaban J connectivity index is 1.45. The molecule has 1 heteroatoms. The van der Waals surface area contributed by atoms with Gasteiger partial charge in [-0.2, -0.15) is 0 Å². The van der Waals surface area contributed by atoms with Gasteiger partial charge in [0.15, 0.2) is 0 Å². The first-order valence-corrected chi connectivity index (χ1v) is 13.7. The summed E-state index contributed by atoms with van der Waals surface area (Å²) in [5.74, 6) is 0. The van der Waals surface area contributed by atoms with Gasteiger partial charge in [-0.15, -0.1) is 0 Å². The molecule has 7 aromatic carbocycles. The average molecular weight is 508 g/mol. The summed E-state index contributed by atoms with van der Waals surface area (Å²) in [5, 5.41) is 8.41. The summed E-state index contributed by atoms with van der Waals surface area (Å²) < 4.78 is 0. The highest BCUT2D eigenvalue weighted by Gasteiger charge is 2.15. The van der Waals surface area contributed by atoms with E-state index in [0.29, 0.717) is 0 Å². The molecule has 0 amide bonds. The van der Waals surface area contributed by atoms with Gasteiger partial charge in [-0.1, -0.05) is 127 Å². The Morgan fingerprint density at radius 1 is 0.325 bits per heavy atom. The lowest BCUT2D eigenvalue weighted by molar-refractivity contribution is 1.43. The lowest BCUT2D eigenvalue weighted by atomic mass is 9.90. The van der Waals surface area contributed by atoms with E-state index in [0.717, 1.165) is 16.6 Å². The van der Waals surface area contributed by atoms with E-state index in [-0.39, 0.29) is 0 Å². The molecule has 0 saturated carbocycles. The Labute approximate surface area is 233 Å². The highest BCUT2D eigenvalue weighted by Crippen LogP contribution is 2.40. The molecular weight excluding hydrogens is 482 g/mol. The van der Waals surface area contributed by atoms with Crippen LogP contribution in [0.25, 0.3) is 76.7 Å².